The lowest BCUT2D eigenvalue weighted by Gasteiger charge is -2.04. The molecular formula is C17H22N2O2. The van der Waals surface area contributed by atoms with Crippen molar-refractivity contribution in [1.82, 2.24) is 10.3 Å². The number of hydrogen-bond donors (Lipinski definition) is 2. The van der Waals surface area contributed by atoms with E-state index in [1.54, 1.807) is 0 Å². The van der Waals surface area contributed by atoms with Crippen molar-refractivity contribution in [2.24, 2.45) is 5.92 Å². The lowest BCUT2D eigenvalue weighted by Crippen LogP contribution is -2.27. The number of amides is 1. The molecule has 1 aliphatic rings. The van der Waals surface area contributed by atoms with E-state index in [1.165, 1.54) is 24.0 Å². The van der Waals surface area contributed by atoms with E-state index in [1.807, 2.05) is 12.1 Å². The van der Waals surface area contributed by atoms with Gasteiger partial charge in [0.25, 0.3) is 5.91 Å². The molecule has 1 aliphatic carbocycles. The molecule has 0 atom stereocenters. The first-order valence-electron chi connectivity index (χ1n) is 7.60. The summed E-state index contributed by atoms with van der Waals surface area (Å²) >= 11 is 0. The van der Waals surface area contributed by atoms with Crippen LogP contribution in [0, 0.1) is 19.8 Å². The molecule has 21 heavy (non-hydrogen) atoms. The van der Waals surface area contributed by atoms with Crippen LogP contribution in [0.1, 0.15) is 34.5 Å². The minimum atomic E-state index is -0.0710. The van der Waals surface area contributed by atoms with Crippen LogP contribution in [0.5, 0.6) is 0 Å². The van der Waals surface area contributed by atoms with Crippen LogP contribution in [-0.2, 0) is 4.74 Å². The Labute approximate surface area is 124 Å². The molecule has 0 spiro atoms. The van der Waals surface area contributed by atoms with Crippen LogP contribution >= 0.6 is 0 Å². The Bertz CT molecular complexity index is 656. The molecule has 1 saturated carbocycles. The standard InChI is InChI=1S/C17H22N2O2/c1-11-3-6-15-14(12(11)2)9-16(19-15)17(20)18-7-8-21-10-13-4-5-13/h3,6,9,13,19H,4-5,7-8,10H2,1-2H3,(H,18,20). The highest BCUT2D eigenvalue weighted by Gasteiger charge is 2.20. The Morgan fingerprint density at radius 3 is 2.95 bits per heavy atom. The number of H-pyrrole nitrogens is 1. The summed E-state index contributed by atoms with van der Waals surface area (Å²) in [6.45, 7) is 6.14. The summed E-state index contributed by atoms with van der Waals surface area (Å²) in [7, 11) is 0. The van der Waals surface area contributed by atoms with Crippen molar-refractivity contribution in [3.8, 4) is 0 Å². The van der Waals surface area contributed by atoms with Gasteiger partial charge >= 0.3 is 0 Å². The largest absolute Gasteiger partial charge is 0.379 e. The van der Waals surface area contributed by atoms with Gasteiger partial charge in [-0.2, -0.15) is 0 Å². The van der Waals surface area contributed by atoms with Gasteiger partial charge in [-0.05, 0) is 55.9 Å². The maximum Gasteiger partial charge on any atom is 0.267 e. The molecule has 0 unspecified atom stereocenters. The summed E-state index contributed by atoms with van der Waals surface area (Å²) in [6.07, 6.45) is 2.58. The Morgan fingerprint density at radius 2 is 2.19 bits per heavy atom. The number of benzene rings is 1. The molecule has 3 rings (SSSR count). The van der Waals surface area contributed by atoms with E-state index in [9.17, 15) is 4.79 Å². The predicted octanol–water partition coefficient (Wildman–Crippen LogP) is 2.94. The number of aromatic nitrogens is 1. The summed E-state index contributed by atoms with van der Waals surface area (Å²) in [6, 6.07) is 6.02. The lowest BCUT2D eigenvalue weighted by atomic mass is 10.1. The van der Waals surface area contributed by atoms with Gasteiger partial charge in [-0.25, -0.2) is 0 Å². The molecule has 4 nitrogen and oxygen atoms in total. The van der Waals surface area contributed by atoms with Gasteiger partial charge in [-0.15, -0.1) is 0 Å². The molecule has 112 valence electrons. The highest BCUT2D eigenvalue weighted by Crippen LogP contribution is 2.28. The molecule has 1 aromatic heterocycles. The van der Waals surface area contributed by atoms with Crippen molar-refractivity contribution in [3.05, 3.63) is 35.0 Å². The minimum absolute atomic E-state index is 0.0710. The average molecular weight is 286 g/mol. The second-order valence-corrected chi connectivity index (χ2v) is 5.93. The van der Waals surface area contributed by atoms with Gasteiger partial charge in [-0.1, -0.05) is 6.07 Å². The number of nitrogens with one attached hydrogen (secondary N) is 2. The molecule has 2 aromatic rings. The SMILES string of the molecule is Cc1ccc2[nH]c(C(=O)NCCOCC3CC3)cc2c1C. The molecule has 4 heteroatoms. The highest BCUT2D eigenvalue weighted by atomic mass is 16.5. The second kappa shape index (κ2) is 5.90. The molecular weight excluding hydrogens is 264 g/mol. The normalized spacial score (nSPS) is 14.6. The summed E-state index contributed by atoms with van der Waals surface area (Å²) in [5.74, 6) is 0.693. The van der Waals surface area contributed by atoms with Crippen LogP contribution in [0.2, 0.25) is 0 Å². The first-order chi connectivity index (χ1) is 10.1. The van der Waals surface area contributed by atoms with Crippen molar-refractivity contribution >= 4 is 16.8 Å². The summed E-state index contributed by atoms with van der Waals surface area (Å²) in [5.41, 5.74) is 4.08. The van der Waals surface area contributed by atoms with Gasteiger partial charge in [0, 0.05) is 24.1 Å². The highest BCUT2D eigenvalue weighted by molar-refractivity contribution is 5.99. The molecule has 1 fully saturated rings. The monoisotopic (exact) mass is 286 g/mol. The van der Waals surface area contributed by atoms with E-state index < -0.39 is 0 Å². The van der Waals surface area contributed by atoms with Crippen LogP contribution in [0.4, 0.5) is 0 Å². The fourth-order valence-corrected chi connectivity index (χ4v) is 2.45. The minimum Gasteiger partial charge on any atom is -0.379 e. The smallest absolute Gasteiger partial charge is 0.267 e. The van der Waals surface area contributed by atoms with Gasteiger partial charge in [0.05, 0.1) is 6.61 Å². The number of carbonyl (C=O) groups is 1. The van der Waals surface area contributed by atoms with Gasteiger partial charge in [-0.3, -0.25) is 4.79 Å². The molecule has 0 radical (unpaired) electrons. The Kier molecular flexibility index (Phi) is 3.97. The maximum atomic E-state index is 12.1. The van der Waals surface area contributed by atoms with Crippen molar-refractivity contribution in [3.63, 3.8) is 0 Å². The zero-order valence-corrected chi connectivity index (χ0v) is 12.7. The predicted molar refractivity (Wildman–Crippen MR) is 83.6 cm³/mol. The van der Waals surface area contributed by atoms with Gasteiger partial charge in [0.1, 0.15) is 5.69 Å². The Morgan fingerprint density at radius 1 is 1.38 bits per heavy atom. The van der Waals surface area contributed by atoms with E-state index in [2.05, 4.69) is 30.2 Å². The van der Waals surface area contributed by atoms with Crippen molar-refractivity contribution in [1.29, 1.82) is 0 Å². The van der Waals surface area contributed by atoms with Crippen molar-refractivity contribution in [2.75, 3.05) is 19.8 Å². The number of rotatable bonds is 6. The van der Waals surface area contributed by atoms with Crippen LogP contribution in [0.25, 0.3) is 10.9 Å². The number of hydrogen-bond acceptors (Lipinski definition) is 2. The fourth-order valence-electron chi connectivity index (χ4n) is 2.45. The van der Waals surface area contributed by atoms with Crippen LogP contribution < -0.4 is 5.32 Å². The van der Waals surface area contributed by atoms with Crippen LogP contribution in [0.3, 0.4) is 0 Å². The Balaban J connectivity index is 1.57. The third-order valence-electron chi connectivity index (χ3n) is 4.17. The van der Waals surface area contributed by atoms with E-state index in [4.69, 9.17) is 4.74 Å². The average Bonchev–Trinajstić information content (AvgIpc) is 3.19. The van der Waals surface area contributed by atoms with Crippen molar-refractivity contribution in [2.45, 2.75) is 26.7 Å². The third-order valence-corrected chi connectivity index (χ3v) is 4.17. The first kappa shape index (κ1) is 14.1. The van der Waals surface area contributed by atoms with E-state index in [-0.39, 0.29) is 5.91 Å². The topological polar surface area (TPSA) is 54.1 Å². The number of ether oxygens (including phenoxy) is 1. The third kappa shape index (κ3) is 3.27. The van der Waals surface area contributed by atoms with Gasteiger partial charge in [0.2, 0.25) is 0 Å². The fraction of sp³-hybridized carbons (Fsp3) is 0.471. The molecule has 1 amide bonds. The summed E-state index contributed by atoms with van der Waals surface area (Å²) < 4.78 is 5.51. The lowest BCUT2D eigenvalue weighted by molar-refractivity contribution is 0.0902. The van der Waals surface area contributed by atoms with E-state index in [0.717, 1.165) is 23.4 Å². The molecule has 0 aliphatic heterocycles. The van der Waals surface area contributed by atoms with Gasteiger partial charge < -0.3 is 15.0 Å². The molecule has 0 saturated heterocycles. The van der Waals surface area contributed by atoms with Crippen molar-refractivity contribution < 1.29 is 9.53 Å². The second-order valence-electron chi connectivity index (χ2n) is 5.93. The van der Waals surface area contributed by atoms with Gasteiger partial charge in [0.15, 0.2) is 0 Å². The van der Waals surface area contributed by atoms with Crippen LogP contribution in [0.15, 0.2) is 18.2 Å². The maximum absolute atomic E-state index is 12.1. The van der Waals surface area contributed by atoms with Crippen LogP contribution in [-0.4, -0.2) is 30.6 Å². The van der Waals surface area contributed by atoms with E-state index in [0.29, 0.717) is 18.8 Å². The number of carbonyl (C=O) groups excluding carboxylic acids is 1. The molecule has 2 N–H and O–H groups in total. The summed E-state index contributed by atoms with van der Waals surface area (Å²) in [4.78, 5) is 15.3. The summed E-state index contributed by atoms with van der Waals surface area (Å²) in [5, 5.41) is 4.01. The first-order valence-corrected chi connectivity index (χ1v) is 7.60. The number of fused-ring (bicyclic) bond motifs is 1. The molecule has 0 bridgehead atoms. The van der Waals surface area contributed by atoms with E-state index >= 15 is 0 Å². The quantitative estimate of drug-likeness (QED) is 0.802. The number of aromatic amines is 1. The molecule has 1 aromatic carbocycles. The number of aryl methyl sites for hydroxylation is 2. The molecule has 1 heterocycles. The zero-order chi connectivity index (χ0) is 14.8. The zero-order valence-electron chi connectivity index (χ0n) is 12.7. The Hall–Kier alpha value is -1.81.